The fourth-order valence-electron chi connectivity index (χ4n) is 4.84. The third kappa shape index (κ3) is 8.10. The van der Waals surface area contributed by atoms with Gasteiger partial charge in [0.2, 0.25) is 11.8 Å². The Balaban J connectivity index is 2.10. The third-order valence-corrected chi connectivity index (χ3v) is 6.62. The summed E-state index contributed by atoms with van der Waals surface area (Å²) in [4.78, 5) is 62.1. The maximum Gasteiger partial charge on any atom is 0.374 e. The predicted molar refractivity (Wildman–Crippen MR) is 119 cm³/mol. The summed E-state index contributed by atoms with van der Waals surface area (Å²) in [5, 5.41) is 23.6. The second-order valence-electron chi connectivity index (χ2n) is 9.13. The topological polar surface area (TPSA) is 153 Å². The van der Waals surface area contributed by atoms with Crippen LogP contribution < -0.4 is 10.6 Å². The average Bonchev–Trinajstić information content (AvgIpc) is 3.29. The molecule has 33 heavy (non-hydrogen) atoms. The SMILES string of the molecule is CCCC[C@H](NC(=O)[C@@H]1CCCN1C(=O)[C@@H](CC1CCCCC1)NCC(=O)O)C(=O)C(=O)O. The van der Waals surface area contributed by atoms with Crippen molar-refractivity contribution in [3.05, 3.63) is 0 Å². The predicted octanol–water partition coefficient (Wildman–Crippen LogP) is 1.32. The number of unbranched alkanes of at least 4 members (excludes halogenated alkanes) is 1. The molecule has 2 fully saturated rings. The van der Waals surface area contributed by atoms with Gasteiger partial charge in [0.25, 0.3) is 5.78 Å². The number of carboxylic acid groups (broad SMARTS) is 2. The quantitative estimate of drug-likeness (QED) is 0.296. The molecule has 2 aliphatic rings. The molecule has 3 atom stereocenters. The highest BCUT2D eigenvalue weighted by molar-refractivity contribution is 6.35. The minimum Gasteiger partial charge on any atom is -0.480 e. The van der Waals surface area contributed by atoms with Crippen LogP contribution in [0.3, 0.4) is 0 Å². The fraction of sp³-hybridized carbons (Fsp3) is 0.783. The van der Waals surface area contributed by atoms with Crippen molar-refractivity contribution in [1.82, 2.24) is 15.5 Å². The summed E-state index contributed by atoms with van der Waals surface area (Å²) in [7, 11) is 0. The first kappa shape index (κ1) is 26.8. The zero-order chi connectivity index (χ0) is 24.4. The van der Waals surface area contributed by atoms with E-state index in [2.05, 4.69) is 10.6 Å². The van der Waals surface area contributed by atoms with Crippen molar-refractivity contribution in [3.63, 3.8) is 0 Å². The molecule has 2 rings (SSSR count). The van der Waals surface area contributed by atoms with Crippen LogP contribution in [-0.2, 0) is 24.0 Å². The van der Waals surface area contributed by atoms with Gasteiger partial charge in [-0.2, -0.15) is 0 Å². The first-order valence-corrected chi connectivity index (χ1v) is 12.1. The Morgan fingerprint density at radius 3 is 2.27 bits per heavy atom. The minimum atomic E-state index is -1.60. The van der Waals surface area contributed by atoms with Crippen LogP contribution in [0.4, 0.5) is 0 Å². The average molecular weight is 468 g/mol. The monoisotopic (exact) mass is 467 g/mol. The van der Waals surface area contributed by atoms with Crippen molar-refractivity contribution in [2.24, 2.45) is 5.92 Å². The number of hydrogen-bond donors (Lipinski definition) is 4. The molecule has 10 nitrogen and oxygen atoms in total. The number of rotatable bonds is 13. The maximum atomic E-state index is 13.4. The molecule has 0 bridgehead atoms. The van der Waals surface area contributed by atoms with Crippen LogP contribution in [0.15, 0.2) is 0 Å². The smallest absolute Gasteiger partial charge is 0.374 e. The van der Waals surface area contributed by atoms with Gasteiger partial charge in [-0.1, -0.05) is 51.9 Å². The number of amides is 2. The number of carbonyl (C=O) groups is 5. The Kier molecular flexibility index (Phi) is 10.8. The Hall–Kier alpha value is -2.49. The van der Waals surface area contributed by atoms with Crippen molar-refractivity contribution in [2.75, 3.05) is 13.1 Å². The molecule has 1 saturated carbocycles. The van der Waals surface area contributed by atoms with Crippen LogP contribution in [0.1, 0.15) is 77.6 Å². The van der Waals surface area contributed by atoms with Crippen molar-refractivity contribution >= 4 is 29.5 Å². The van der Waals surface area contributed by atoms with Gasteiger partial charge in [-0.15, -0.1) is 0 Å². The van der Waals surface area contributed by atoms with E-state index in [1.54, 1.807) is 0 Å². The highest BCUT2D eigenvalue weighted by Crippen LogP contribution is 2.29. The van der Waals surface area contributed by atoms with Gasteiger partial charge in [-0.25, -0.2) is 4.79 Å². The number of hydrogen-bond acceptors (Lipinski definition) is 6. The number of ketones is 1. The summed E-state index contributed by atoms with van der Waals surface area (Å²) in [5.41, 5.74) is 0. The van der Waals surface area contributed by atoms with Crippen LogP contribution in [0.2, 0.25) is 0 Å². The highest BCUT2D eigenvalue weighted by atomic mass is 16.4. The van der Waals surface area contributed by atoms with Gasteiger partial charge in [0.05, 0.1) is 18.6 Å². The van der Waals surface area contributed by atoms with E-state index in [0.29, 0.717) is 38.1 Å². The Bertz CT molecular complexity index is 721. The van der Waals surface area contributed by atoms with Gasteiger partial charge in [0, 0.05) is 6.54 Å². The maximum absolute atomic E-state index is 13.4. The normalized spacial score (nSPS) is 20.8. The van der Waals surface area contributed by atoms with Gasteiger partial charge in [-0.3, -0.25) is 24.5 Å². The Morgan fingerprint density at radius 1 is 0.970 bits per heavy atom. The lowest BCUT2D eigenvalue weighted by Crippen LogP contribution is -2.55. The molecule has 0 unspecified atom stereocenters. The first-order valence-electron chi connectivity index (χ1n) is 12.1. The molecule has 1 saturated heterocycles. The van der Waals surface area contributed by atoms with Gasteiger partial charge in [0.15, 0.2) is 0 Å². The van der Waals surface area contributed by atoms with Crippen molar-refractivity contribution in [3.8, 4) is 0 Å². The second-order valence-corrected chi connectivity index (χ2v) is 9.13. The molecular formula is C23H37N3O7. The van der Waals surface area contributed by atoms with Gasteiger partial charge in [-0.05, 0) is 31.6 Å². The molecule has 10 heteroatoms. The molecule has 0 aromatic carbocycles. The van der Waals surface area contributed by atoms with Crippen LogP contribution in [0.5, 0.6) is 0 Å². The molecule has 0 aromatic rings. The second kappa shape index (κ2) is 13.3. The number of aliphatic carboxylic acids is 2. The van der Waals surface area contributed by atoms with E-state index in [4.69, 9.17) is 10.2 Å². The highest BCUT2D eigenvalue weighted by Gasteiger charge is 2.39. The van der Waals surface area contributed by atoms with Crippen LogP contribution in [0, 0.1) is 5.92 Å². The van der Waals surface area contributed by atoms with E-state index in [1.165, 1.54) is 11.3 Å². The molecule has 0 radical (unpaired) electrons. The lowest BCUT2D eigenvalue weighted by Gasteiger charge is -2.32. The zero-order valence-corrected chi connectivity index (χ0v) is 19.4. The largest absolute Gasteiger partial charge is 0.480 e. The number of carbonyl (C=O) groups excluding carboxylic acids is 3. The van der Waals surface area contributed by atoms with Gasteiger partial charge >= 0.3 is 11.9 Å². The molecule has 4 N–H and O–H groups in total. The molecular weight excluding hydrogens is 430 g/mol. The fourth-order valence-corrected chi connectivity index (χ4v) is 4.84. The molecule has 1 heterocycles. The summed E-state index contributed by atoms with van der Waals surface area (Å²) in [6.07, 6.45) is 8.43. The van der Waals surface area contributed by atoms with Crippen LogP contribution in [0.25, 0.3) is 0 Å². The minimum absolute atomic E-state index is 0.221. The number of carboxylic acids is 2. The molecule has 1 aliphatic heterocycles. The number of Topliss-reactive ketones (excluding diaryl/α,β-unsaturated/α-hetero) is 1. The van der Waals surface area contributed by atoms with E-state index >= 15 is 0 Å². The number of nitrogens with one attached hydrogen (secondary N) is 2. The summed E-state index contributed by atoms with van der Waals surface area (Å²) < 4.78 is 0. The molecule has 1 aliphatic carbocycles. The summed E-state index contributed by atoms with van der Waals surface area (Å²) >= 11 is 0. The summed E-state index contributed by atoms with van der Waals surface area (Å²) in [6.45, 7) is 1.91. The van der Waals surface area contributed by atoms with E-state index < -0.39 is 41.8 Å². The van der Waals surface area contributed by atoms with Gasteiger partial charge < -0.3 is 20.4 Å². The van der Waals surface area contributed by atoms with E-state index in [9.17, 15) is 24.0 Å². The van der Waals surface area contributed by atoms with E-state index in [0.717, 1.165) is 32.1 Å². The van der Waals surface area contributed by atoms with E-state index in [1.807, 2.05) is 6.92 Å². The lowest BCUT2D eigenvalue weighted by molar-refractivity contribution is -0.151. The zero-order valence-electron chi connectivity index (χ0n) is 19.4. The number of likely N-dealkylation sites (tertiary alicyclic amines) is 1. The molecule has 0 spiro atoms. The molecule has 0 aromatic heterocycles. The van der Waals surface area contributed by atoms with Crippen LogP contribution >= 0.6 is 0 Å². The molecule has 186 valence electrons. The van der Waals surface area contributed by atoms with E-state index in [-0.39, 0.29) is 18.9 Å². The number of nitrogens with zero attached hydrogens (tertiary/aromatic N) is 1. The third-order valence-electron chi connectivity index (χ3n) is 6.62. The first-order chi connectivity index (χ1) is 15.7. The molecule has 2 amide bonds. The van der Waals surface area contributed by atoms with Crippen LogP contribution in [-0.4, -0.2) is 75.9 Å². The van der Waals surface area contributed by atoms with Gasteiger partial charge in [0.1, 0.15) is 6.04 Å². The Morgan fingerprint density at radius 2 is 1.67 bits per heavy atom. The lowest BCUT2D eigenvalue weighted by atomic mass is 9.84. The summed E-state index contributed by atoms with van der Waals surface area (Å²) in [5.74, 6) is -4.24. The Labute approximate surface area is 194 Å². The summed E-state index contributed by atoms with van der Waals surface area (Å²) in [6, 6.07) is -2.63. The van der Waals surface area contributed by atoms with Crippen molar-refractivity contribution in [1.29, 1.82) is 0 Å². The standard InChI is InChI=1S/C23H37N3O7/c1-2-3-10-16(20(29)23(32)33)25-21(30)18-11-7-12-26(18)22(31)17(24-14-19(27)28)13-15-8-5-4-6-9-15/h15-18,24H,2-14H2,1H3,(H,25,30)(H,27,28)(H,32,33)/t16-,17+,18-/m0/s1. The van der Waals surface area contributed by atoms with Crippen molar-refractivity contribution in [2.45, 2.75) is 95.7 Å². The van der Waals surface area contributed by atoms with Crippen molar-refractivity contribution < 1.29 is 34.2 Å².